The van der Waals surface area contributed by atoms with Crippen molar-refractivity contribution in [1.82, 2.24) is 0 Å². The fourth-order valence-corrected chi connectivity index (χ4v) is 6.74. The number of carboxylic acids is 1. The predicted molar refractivity (Wildman–Crippen MR) is 87.5 cm³/mol. The highest BCUT2D eigenvalue weighted by molar-refractivity contribution is 5.66. The van der Waals surface area contributed by atoms with E-state index in [4.69, 9.17) is 5.11 Å². The van der Waals surface area contributed by atoms with E-state index in [2.05, 4.69) is 0 Å². The van der Waals surface area contributed by atoms with Gasteiger partial charge >= 0.3 is 5.97 Å². The van der Waals surface area contributed by atoms with E-state index in [1.54, 1.807) is 25.7 Å². The lowest BCUT2D eigenvalue weighted by Gasteiger charge is -2.74. The van der Waals surface area contributed by atoms with Crippen molar-refractivity contribution in [3.8, 4) is 0 Å². The van der Waals surface area contributed by atoms with Gasteiger partial charge in [-0.3, -0.25) is 4.79 Å². The Hall–Kier alpha value is -0.530. The second-order valence-corrected chi connectivity index (χ2v) is 8.77. The molecule has 4 fully saturated rings. The minimum atomic E-state index is -0.639. The van der Waals surface area contributed by atoms with Gasteiger partial charge in [-0.1, -0.05) is 38.5 Å². The quantitative estimate of drug-likeness (QED) is 0.632. The smallest absolute Gasteiger partial charge is 0.303 e. The maximum Gasteiger partial charge on any atom is 0.303 e. The van der Waals surface area contributed by atoms with Gasteiger partial charge in [0.2, 0.25) is 0 Å². The average molecular weight is 304 g/mol. The third-order valence-corrected chi connectivity index (χ3v) is 7.87. The molecule has 22 heavy (non-hydrogen) atoms. The molecule has 4 aliphatic rings. The summed E-state index contributed by atoms with van der Waals surface area (Å²) in [6.45, 7) is 0. The van der Waals surface area contributed by atoms with Crippen molar-refractivity contribution in [3.63, 3.8) is 0 Å². The number of carbonyl (C=O) groups is 1. The van der Waals surface area contributed by atoms with Gasteiger partial charge in [-0.05, 0) is 73.5 Å². The van der Waals surface area contributed by atoms with E-state index in [0.29, 0.717) is 6.42 Å². The van der Waals surface area contributed by atoms with Crippen molar-refractivity contribution < 1.29 is 9.90 Å². The third-order valence-electron chi connectivity index (χ3n) is 7.87. The van der Waals surface area contributed by atoms with Crippen LogP contribution in [0.25, 0.3) is 0 Å². The lowest BCUT2D eigenvalue weighted by atomic mass is 9.30. The van der Waals surface area contributed by atoms with Gasteiger partial charge in [-0.25, -0.2) is 0 Å². The molecule has 4 saturated carbocycles. The van der Waals surface area contributed by atoms with E-state index in [-0.39, 0.29) is 0 Å². The molecule has 4 aliphatic carbocycles. The Bertz CT molecular complexity index is 412. The minimum absolute atomic E-state index is 0.358. The number of fused-ring (bicyclic) bond motifs is 7. The Morgan fingerprint density at radius 2 is 1.36 bits per heavy atom. The molecule has 1 N–H and O–H groups in total. The Morgan fingerprint density at radius 3 is 2.09 bits per heavy atom. The zero-order valence-electron chi connectivity index (χ0n) is 13.9. The number of hydrogen-bond donors (Lipinski definition) is 1. The molecule has 0 aromatic rings. The molecule has 0 aromatic heterocycles. The van der Waals surface area contributed by atoms with Crippen LogP contribution < -0.4 is 0 Å². The molecule has 0 aliphatic heterocycles. The highest BCUT2D eigenvalue weighted by Crippen LogP contribution is 2.74. The molecule has 7 unspecified atom stereocenters. The Balaban J connectivity index is 1.09. The fraction of sp³-hybridized carbons (Fsp3) is 0.950. The zero-order valence-corrected chi connectivity index (χ0v) is 13.9. The van der Waals surface area contributed by atoms with Crippen LogP contribution in [-0.4, -0.2) is 11.1 Å². The van der Waals surface area contributed by atoms with Crippen molar-refractivity contribution in [2.24, 2.45) is 41.4 Å². The summed E-state index contributed by atoms with van der Waals surface area (Å²) in [5.41, 5.74) is 0. The lowest BCUT2D eigenvalue weighted by molar-refractivity contribution is -0.264. The van der Waals surface area contributed by atoms with Crippen LogP contribution >= 0.6 is 0 Å². The van der Waals surface area contributed by atoms with Gasteiger partial charge in [0.25, 0.3) is 0 Å². The highest BCUT2D eigenvalue weighted by atomic mass is 16.4. The van der Waals surface area contributed by atoms with Crippen molar-refractivity contribution >= 4 is 5.97 Å². The molecule has 2 nitrogen and oxygen atoms in total. The first-order valence-electron chi connectivity index (χ1n) is 9.97. The van der Waals surface area contributed by atoms with E-state index in [1.165, 1.54) is 55.8 Å². The van der Waals surface area contributed by atoms with Crippen LogP contribution in [0.5, 0.6) is 0 Å². The summed E-state index contributed by atoms with van der Waals surface area (Å²) in [6, 6.07) is 0. The number of unbranched alkanes of at least 4 members (excludes halogenated alkanes) is 4. The molecule has 0 aromatic carbocycles. The summed E-state index contributed by atoms with van der Waals surface area (Å²) in [7, 11) is 0. The Morgan fingerprint density at radius 1 is 0.773 bits per heavy atom. The van der Waals surface area contributed by atoms with E-state index < -0.39 is 5.97 Å². The molecule has 0 spiro atoms. The summed E-state index contributed by atoms with van der Waals surface area (Å²) >= 11 is 0. The molecule has 0 bridgehead atoms. The first kappa shape index (κ1) is 15.0. The molecule has 2 heteroatoms. The second-order valence-electron chi connectivity index (χ2n) is 8.77. The van der Waals surface area contributed by atoms with E-state index in [9.17, 15) is 4.79 Å². The van der Waals surface area contributed by atoms with Crippen molar-refractivity contribution in [1.29, 1.82) is 0 Å². The van der Waals surface area contributed by atoms with Crippen LogP contribution in [0, 0.1) is 41.4 Å². The van der Waals surface area contributed by atoms with Gasteiger partial charge in [-0.2, -0.15) is 0 Å². The summed E-state index contributed by atoms with van der Waals surface area (Å²) < 4.78 is 0. The molecular formula is C20H32O2. The van der Waals surface area contributed by atoms with Crippen LogP contribution in [0.3, 0.4) is 0 Å². The summed E-state index contributed by atoms with van der Waals surface area (Å²) in [6.07, 6.45) is 15.5. The van der Waals surface area contributed by atoms with Crippen molar-refractivity contribution in [2.75, 3.05) is 0 Å². The summed E-state index contributed by atoms with van der Waals surface area (Å²) in [5, 5.41) is 8.62. The Labute approximate surface area is 135 Å². The van der Waals surface area contributed by atoms with E-state index in [1.807, 2.05) is 0 Å². The second kappa shape index (κ2) is 6.17. The zero-order chi connectivity index (χ0) is 15.1. The topological polar surface area (TPSA) is 37.3 Å². The minimum Gasteiger partial charge on any atom is -0.481 e. The van der Waals surface area contributed by atoms with Gasteiger partial charge in [0.1, 0.15) is 0 Å². The van der Waals surface area contributed by atoms with Crippen LogP contribution in [0.2, 0.25) is 0 Å². The first-order valence-corrected chi connectivity index (χ1v) is 9.97. The molecular weight excluding hydrogens is 272 g/mol. The van der Waals surface area contributed by atoms with Crippen LogP contribution in [-0.2, 0) is 4.79 Å². The average Bonchev–Trinajstić information content (AvgIpc) is 2.47. The van der Waals surface area contributed by atoms with E-state index in [0.717, 1.165) is 30.6 Å². The summed E-state index contributed by atoms with van der Waals surface area (Å²) in [4.78, 5) is 10.5. The molecule has 124 valence electrons. The number of hydrogen-bond acceptors (Lipinski definition) is 1. The fourth-order valence-electron chi connectivity index (χ4n) is 6.74. The molecule has 0 radical (unpaired) electrons. The van der Waals surface area contributed by atoms with Gasteiger partial charge in [-0.15, -0.1) is 0 Å². The van der Waals surface area contributed by atoms with E-state index >= 15 is 0 Å². The van der Waals surface area contributed by atoms with Crippen LogP contribution in [0.15, 0.2) is 0 Å². The highest BCUT2D eigenvalue weighted by Gasteiger charge is 2.68. The maximum absolute atomic E-state index is 10.5. The molecule has 4 rings (SSSR count). The standard InChI is InChI=1S/C20H32O2/c21-18(22)7-5-3-1-2-4-6-13-8-9-16-17(12-13)20-15-11-10-14(15)19(16)20/h13-17,19-20H,1-12H2,(H,21,22). The van der Waals surface area contributed by atoms with Gasteiger partial charge in [0, 0.05) is 6.42 Å². The molecule has 0 amide bonds. The number of carboxylic acid groups (broad SMARTS) is 1. The molecule has 0 heterocycles. The monoisotopic (exact) mass is 304 g/mol. The Kier molecular flexibility index (Phi) is 4.21. The van der Waals surface area contributed by atoms with Crippen LogP contribution in [0.4, 0.5) is 0 Å². The van der Waals surface area contributed by atoms with Gasteiger partial charge in [0.05, 0.1) is 0 Å². The normalized spacial score (nSPS) is 44.6. The lowest BCUT2D eigenvalue weighted by Crippen LogP contribution is -2.69. The molecule has 0 saturated heterocycles. The predicted octanol–water partition coefficient (Wildman–Crippen LogP) is 5.12. The van der Waals surface area contributed by atoms with Crippen molar-refractivity contribution in [3.05, 3.63) is 0 Å². The van der Waals surface area contributed by atoms with Crippen molar-refractivity contribution in [2.45, 2.75) is 77.0 Å². The third kappa shape index (κ3) is 2.51. The maximum atomic E-state index is 10.5. The molecule has 7 atom stereocenters. The van der Waals surface area contributed by atoms with Crippen LogP contribution in [0.1, 0.15) is 77.0 Å². The number of rotatable bonds is 8. The first-order chi connectivity index (χ1) is 10.8. The summed E-state index contributed by atoms with van der Waals surface area (Å²) in [5.74, 6) is 7.43. The largest absolute Gasteiger partial charge is 0.481 e. The number of aliphatic carboxylic acids is 1. The van der Waals surface area contributed by atoms with Gasteiger partial charge < -0.3 is 5.11 Å². The van der Waals surface area contributed by atoms with Gasteiger partial charge in [0.15, 0.2) is 0 Å². The SMILES string of the molecule is O=C(O)CCCCCCCC1CCC2C(C1)C1C3CCC3C21.